The second-order valence-corrected chi connectivity index (χ2v) is 4.36. The number of carbonyl (C=O) groups is 2. The van der Waals surface area contributed by atoms with E-state index in [9.17, 15) is 9.59 Å². The predicted molar refractivity (Wildman–Crippen MR) is 79.1 cm³/mol. The minimum absolute atomic E-state index is 0.0537. The fourth-order valence-electron chi connectivity index (χ4n) is 1.35. The first-order chi connectivity index (χ1) is 10.2. The van der Waals surface area contributed by atoms with Gasteiger partial charge < -0.3 is 24.8 Å². The highest BCUT2D eigenvalue weighted by atomic mass is 16.5. The zero-order valence-electron chi connectivity index (χ0n) is 13.1. The summed E-state index contributed by atoms with van der Waals surface area (Å²) in [5, 5.41) is 5.42. The third-order valence-electron chi connectivity index (χ3n) is 2.46. The van der Waals surface area contributed by atoms with Gasteiger partial charge in [0, 0.05) is 19.7 Å². The molecule has 2 amide bonds. The first kappa shape index (κ1) is 19.8. The molecule has 0 saturated carbocycles. The molecule has 0 aliphatic rings. The van der Waals surface area contributed by atoms with Gasteiger partial charge in [-0.2, -0.15) is 0 Å². The Bertz CT molecular complexity index is 274. The summed E-state index contributed by atoms with van der Waals surface area (Å²) in [6.07, 6.45) is 2.03. The van der Waals surface area contributed by atoms with E-state index < -0.39 is 0 Å². The van der Waals surface area contributed by atoms with Crippen LogP contribution in [0, 0.1) is 0 Å². The van der Waals surface area contributed by atoms with Crippen LogP contribution in [-0.2, 0) is 23.8 Å². The molecule has 0 unspecified atom stereocenters. The lowest BCUT2D eigenvalue weighted by Gasteiger charge is -2.07. The number of hydrogen-bond donors (Lipinski definition) is 2. The summed E-state index contributed by atoms with van der Waals surface area (Å²) in [5.74, 6) is -0.257. The lowest BCUT2D eigenvalue weighted by atomic mass is 10.3. The maximum Gasteiger partial charge on any atom is 0.246 e. The van der Waals surface area contributed by atoms with Crippen LogP contribution in [0.5, 0.6) is 0 Å². The molecule has 0 fully saturated rings. The standard InChI is InChI=1S/C14H28N2O5/c1-3-5-6-15-14(18)12-21-10-9-20-8-7-16-13(17)11-19-4-2/h3-12H2,1-2H3,(H,15,18)(H,16,17). The summed E-state index contributed by atoms with van der Waals surface area (Å²) in [5.41, 5.74) is 0. The Morgan fingerprint density at radius 1 is 0.810 bits per heavy atom. The second-order valence-electron chi connectivity index (χ2n) is 4.36. The minimum atomic E-state index is -0.152. The van der Waals surface area contributed by atoms with Crippen LogP contribution in [0.25, 0.3) is 0 Å². The topological polar surface area (TPSA) is 85.9 Å². The van der Waals surface area contributed by atoms with E-state index in [1.807, 2.05) is 6.92 Å². The van der Waals surface area contributed by atoms with Crippen LogP contribution in [0.2, 0.25) is 0 Å². The van der Waals surface area contributed by atoms with Crippen molar-refractivity contribution in [3.63, 3.8) is 0 Å². The number of unbranched alkanes of at least 4 members (excludes halogenated alkanes) is 1. The third kappa shape index (κ3) is 15.0. The molecule has 124 valence electrons. The molecular weight excluding hydrogens is 276 g/mol. The molecule has 0 aromatic carbocycles. The van der Waals surface area contributed by atoms with Crippen molar-refractivity contribution in [1.29, 1.82) is 0 Å². The Labute approximate surface area is 126 Å². The van der Waals surface area contributed by atoms with Gasteiger partial charge in [-0.15, -0.1) is 0 Å². The SMILES string of the molecule is CCCCNC(=O)COCCOCCNC(=O)COCC. The molecule has 2 N–H and O–H groups in total. The Kier molecular flexibility index (Phi) is 14.4. The Morgan fingerprint density at radius 2 is 1.43 bits per heavy atom. The lowest BCUT2D eigenvalue weighted by Crippen LogP contribution is -2.31. The van der Waals surface area contributed by atoms with Gasteiger partial charge in [0.05, 0.1) is 19.8 Å². The van der Waals surface area contributed by atoms with E-state index in [1.165, 1.54) is 0 Å². The van der Waals surface area contributed by atoms with Crippen LogP contribution in [-0.4, -0.2) is 64.5 Å². The number of amides is 2. The van der Waals surface area contributed by atoms with E-state index >= 15 is 0 Å². The average molecular weight is 304 g/mol. The molecule has 0 bridgehead atoms. The quantitative estimate of drug-likeness (QED) is 0.444. The molecule has 0 rings (SSSR count). The first-order valence-electron chi connectivity index (χ1n) is 7.47. The van der Waals surface area contributed by atoms with Gasteiger partial charge in [0.1, 0.15) is 13.2 Å². The van der Waals surface area contributed by atoms with Gasteiger partial charge >= 0.3 is 0 Å². The normalized spacial score (nSPS) is 10.4. The van der Waals surface area contributed by atoms with Crippen molar-refractivity contribution in [3.8, 4) is 0 Å². The van der Waals surface area contributed by atoms with Gasteiger partial charge in [-0.25, -0.2) is 0 Å². The first-order valence-corrected chi connectivity index (χ1v) is 7.47. The largest absolute Gasteiger partial charge is 0.377 e. The molecule has 0 radical (unpaired) electrons. The van der Waals surface area contributed by atoms with Gasteiger partial charge in [0.15, 0.2) is 0 Å². The van der Waals surface area contributed by atoms with Crippen molar-refractivity contribution >= 4 is 11.8 Å². The molecule has 0 aromatic heterocycles. The summed E-state index contributed by atoms with van der Waals surface area (Å²) in [4.78, 5) is 22.4. The van der Waals surface area contributed by atoms with Crippen LogP contribution in [0.4, 0.5) is 0 Å². The fourth-order valence-corrected chi connectivity index (χ4v) is 1.35. The maximum absolute atomic E-state index is 11.3. The Hall–Kier alpha value is -1.18. The third-order valence-corrected chi connectivity index (χ3v) is 2.46. The van der Waals surface area contributed by atoms with Crippen molar-refractivity contribution in [3.05, 3.63) is 0 Å². The van der Waals surface area contributed by atoms with Gasteiger partial charge in [-0.05, 0) is 13.3 Å². The van der Waals surface area contributed by atoms with Gasteiger partial charge in [0.25, 0.3) is 0 Å². The predicted octanol–water partition coefficient (Wildman–Crippen LogP) is 0.0886. The zero-order chi connectivity index (χ0) is 15.8. The maximum atomic E-state index is 11.3. The summed E-state index contributed by atoms with van der Waals surface area (Å²) < 4.78 is 15.4. The lowest BCUT2D eigenvalue weighted by molar-refractivity contribution is -0.127. The number of rotatable bonds is 14. The fraction of sp³-hybridized carbons (Fsp3) is 0.857. The van der Waals surface area contributed by atoms with Crippen molar-refractivity contribution in [2.75, 3.05) is 52.7 Å². The molecule has 7 nitrogen and oxygen atoms in total. The molecule has 0 atom stereocenters. The van der Waals surface area contributed by atoms with Crippen molar-refractivity contribution in [2.24, 2.45) is 0 Å². The molecular formula is C14H28N2O5. The zero-order valence-corrected chi connectivity index (χ0v) is 13.1. The molecule has 21 heavy (non-hydrogen) atoms. The van der Waals surface area contributed by atoms with Crippen LogP contribution >= 0.6 is 0 Å². The van der Waals surface area contributed by atoms with Crippen LogP contribution in [0.1, 0.15) is 26.7 Å². The molecule has 7 heteroatoms. The van der Waals surface area contributed by atoms with Crippen molar-refractivity contribution in [1.82, 2.24) is 10.6 Å². The highest BCUT2D eigenvalue weighted by Crippen LogP contribution is 1.84. The van der Waals surface area contributed by atoms with E-state index in [0.717, 1.165) is 12.8 Å². The van der Waals surface area contributed by atoms with E-state index in [1.54, 1.807) is 0 Å². The summed E-state index contributed by atoms with van der Waals surface area (Å²) in [6, 6.07) is 0. The van der Waals surface area contributed by atoms with Gasteiger partial charge in [-0.1, -0.05) is 13.3 Å². The second kappa shape index (κ2) is 15.2. The van der Waals surface area contributed by atoms with Gasteiger partial charge in [0.2, 0.25) is 11.8 Å². The van der Waals surface area contributed by atoms with E-state index in [-0.39, 0.29) is 25.0 Å². The number of ether oxygens (including phenoxy) is 3. The summed E-state index contributed by atoms with van der Waals surface area (Å²) >= 11 is 0. The van der Waals surface area contributed by atoms with Crippen LogP contribution in [0.15, 0.2) is 0 Å². The van der Waals surface area contributed by atoms with Crippen LogP contribution < -0.4 is 10.6 Å². The van der Waals surface area contributed by atoms with E-state index in [4.69, 9.17) is 14.2 Å². The average Bonchev–Trinajstić information content (AvgIpc) is 2.48. The van der Waals surface area contributed by atoms with E-state index in [0.29, 0.717) is 39.5 Å². The molecule has 0 aromatic rings. The summed E-state index contributed by atoms with van der Waals surface area (Å²) in [7, 11) is 0. The smallest absolute Gasteiger partial charge is 0.246 e. The highest BCUT2D eigenvalue weighted by molar-refractivity contribution is 5.77. The number of hydrogen-bond acceptors (Lipinski definition) is 5. The number of nitrogens with one attached hydrogen (secondary N) is 2. The summed E-state index contributed by atoms with van der Waals surface area (Å²) in [6.45, 7) is 6.83. The minimum Gasteiger partial charge on any atom is -0.377 e. The monoisotopic (exact) mass is 304 g/mol. The molecule has 0 aliphatic heterocycles. The molecule has 0 aliphatic carbocycles. The van der Waals surface area contributed by atoms with E-state index in [2.05, 4.69) is 17.6 Å². The number of carbonyl (C=O) groups excluding carboxylic acids is 2. The molecule has 0 saturated heterocycles. The Morgan fingerprint density at radius 3 is 2.10 bits per heavy atom. The van der Waals surface area contributed by atoms with Crippen molar-refractivity contribution in [2.45, 2.75) is 26.7 Å². The molecule has 0 heterocycles. The Balaban J connectivity index is 3.21. The highest BCUT2D eigenvalue weighted by Gasteiger charge is 2.01. The molecule has 0 spiro atoms. The van der Waals surface area contributed by atoms with Gasteiger partial charge in [-0.3, -0.25) is 9.59 Å². The van der Waals surface area contributed by atoms with Crippen LogP contribution in [0.3, 0.4) is 0 Å². The van der Waals surface area contributed by atoms with Crippen molar-refractivity contribution < 1.29 is 23.8 Å².